The third-order valence-corrected chi connectivity index (χ3v) is 4.70. The number of hydrogen-bond acceptors (Lipinski definition) is 3. The molecule has 5 heteroatoms. The van der Waals surface area contributed by atoms with Crippen molar-refractivity contribution in [1.29, 1.82) is 0 Å². The van der Waals surface area contributed by atoms with Crippen LogP contribution in [0.1, 0.15) is 29.3 Å². The molecule has 3 aromatic rings. The van der Waals surface area contributed by atoms with E-state index in [4.69, 9.17) is 0 Å². The van der Waals surface area contributed by atoms with Gasteiger partial charge in [-0.15, -0.1) is 0 Å². The molecule has 0 unspecified atom stereocenters. The van der Waals surface area contributed by atoms with E-state index >= 15 is 0 Å². The molecule has 1 aromatic heterocycles. The van der Waals surface area contributed by atoms with Gasteiger partial charge in [-0.1, -0.05) is 55.0 Å². The molecule has 0 saturated carbocycles. The van der Waals surface area contributed by atoms with Crippen LogP contribution in [-0.4, -0.2) is 15.5 Å². The molecule has 0 fully saturated rings. The van der Waals surface area contributed by atoms with Crippen LogP contribution >= 0.6 is 0 Å². The number of nitrogens with zero attached hydrogens (tertiary/aromatic N) is 2. The largest absolute Gasteiger partial charge is 0.324 e. The number of aromatic nitrogens is 2. The quantitative estimate of drug-likeness (QED) is 0.732. The maximum absolute atomic E-state index is 12.8. The molecule has 0 aliphatic rings. The molecule has 1 amide bonds. The summed E-state index contributed by atoms with van der Waals surface area (Å²) in [6.07, 6.45) is 0.657. The van der Waals surface area contributed by atoms with Gasteiger partial charge in [-0.3, -0.25) is 14.2 Å². The van der Waals surface area contributed by atoms with E-state index in [0.29, 0.717) is 17.9 Å². The molecule has 0 bridgehead atoms. The molecule has 0 aliphatic heterocycles. The lowest BCUT2D eigenvalue weighted by Gasteiger charge is -2.16. The van der Waals surface area contributed by atoms with Gasteiger partial charge in [0.15, 0.2) is 0 Å². The zero-order chi connectivity index (χ0) is 20.3. The minimum absolute atomic E-state index is 0.0905. The number of benzene rings is 2. The standard InChI is InChI=1S/C23H25N3O2/c1-5-19-13-21(28)26(23(24-19)18-9-7-6-8-10-18)14-20(27)25-22-16(3)11-15(2)12-17(22)4/h6-13H,5,14H2,1-4H3,(H,25,27). The number of amides is 1. The number of carbonyl (C=O) groups is 1. The van der Waals surface area contributed by atoms with Crippen LogP contribution in [0.2, 0.25) is 0 Å². The summed E-state index contributed by atoms with van der Waals surface area (Å²) in [6, 6.07) is 15.0. The number of nitrogens with one attached hydrogen (secondary N) is 1. The van der Waals surface area contributed by atoms with Gasteiger partial charge in [-0.05, 0) is 38.3 Å². The van der Waals surface area contributed by atoms with Crippen LogP contribution in [0.15, 0.2) is 53.3 Å². The number of carbonyl (C=O) groups excluding carboxylic acids is 1. The first-order chi connectivity index (χ1) is 13.4. The Morgan fingerprint density at radius 1 is 1.04 bits per heavy atom. The van der Waals surface area contributed by atoms with E-state index in [1.807, 2.05) is 70.2 Å². The van der Waals surface area contributed by atoms with Crippen molar-refractivity contribution in [1.82, 2.24) is 9.55 Å². The van der Waals surface area contributed by atoms with Gasteiger partial charge in [0.05, 0.1) is 0 Å². The van der Waals surface area contributed by atoms with Crippen molar-refractivity contribution in [3.05, 3.63) is 81.3 Å². The summed E-state index contributed by atoms with van der Waals surface area (Å²) in [7, 11) is 0. The van der Waals surface area contributed by atoms with E-state index in [1.54, 1.807) is 0 Å². The van der Waals surface area contributed by atoms with Gasteiger partial charge in [0.1, 0.15) is 12.4 Å². The molecule has 0 aliphatic carbocycles. The summed E-state index contributed by atoms with van der Waals surface area (Å²) in [5.41, 5.74) is 5.24. The van der Waals surface area contributed by atoms with Gasteiger partial charge in [0, 0.05) is 23.0 Å². The van der Waals surface area contributed by atoms with Crippen LogP contribution in [0.3, 0.4) is 0 Å². The Labute approximate surface area is 165 Å². The Morgan fingerprint density at radius 3 is 2.29 bits per heavy atom. The maximum Gasteiger partial charge on any atom is 0.254 e. The molecular formula is C23H25N3O2. The third kappa shape index (κ3) is 4.19. The van der Waals surface area contributed by atoms with Gasteiger partial charge in [0.25, 0.3) is 5.56 Å². The van der Waals surface area contributed by atoms with Crippen molar-refractivity contribution in [2.75, 3.05) is 5.32 Å². The number of aryl methyl sites for hydroxylation is 4. The van der Waals surface area contributed by atoms with Crippen molar-refractivity contribution in [2.45, 2.75) is 40.7 Å². The number of rotatable bonds is 5. The fraction of sp³-hybridized carbons (Fsp3) is 0.261. The second-order valence-corrected chi connectivity index (χ2v) is 7.04. The molecule has 2 aromatic carbocycles. The Balaban J connectivity index is 1.96. The second kappa shape index (κ2) is 8.21. The minimum atomic E-state index is -0.250. The first-order valence-corrected chi connectivity index (χ1v) is 9.43. The van der Waals surface area contributed by atoms with E-state index in [9.17, 15) is 9.59 Å². The van der Waals surface area contributed by atoms with E-state index < -0.39 is 0 Å². The normalized spacial score (nSPS) is 10.7. The highest BCUT2D eigenvalue weighted by atomic mass is 16.2. The fourth-order valence-electron chi connectivity index (χ4n) is 3.39. The zero-order valence-corrected chi connectivity index (χ0v) is 16.7. The van der Waals surface area contributed by atoms with Crippen molar-refractivity contribution in [2.24, 2.45) is 0 Å². The summed E-state index contributed by atoms with van der Waals surface area (Å²) < 4.78 is 1.43. The predicted octanol–water partition coefficient (Wildman–Crippen LogP) is 4.04. The highest BCUT2D eigenvalue weighted by molar-refractivity contribution is 5.92. The van der Waals surface area contributed by atoms with Crippen LogP contribution in [0, 0.1) is 20.8 Å². The van der Waals surface area contributed by atoms with E-state index in [0.717, 1.165) is 27.9 Å². The highest BCUT2D eigenvalue weighted by Gasteiger charge is 2.15. The Hall–Kier alpha value is -3.21. The lowest BCUT2D eigenvalue weighted by molar-refractivity contribution is -0.116. The summed E-state index contributed by atoms with van der Waals surface area (Å²) in [6.45, 7) is 7.82. The van der Waals surface area contributed by atoms with Crippen molar-refractivity contribution in [3.8, 4) is 11.4 Å². The highest BCUT2D eigenvalue weighted by Crippen LogP contribution is 2.22. The SMILES string of the molecule is CCc1cc(=O)n(CC(=O)Nc2c(C)cc(C)cc2C)c(-c2ccccc2)n1. The molecule has 1 heterocycles. The van der Waals surface area contributed by atoms with Gasteiger partial charge in [0.2, 0.25) is 5.91 Å². The molecule has 144 valence electrons. The fourth-order valence-corrected chi connectivity index (χ4v) is 3.39. The van der Waals surface area contributed by atoms with Crippen LogP contribution in [0.4, 0.5) is 5.69 Å². The summed E-state index contributed by atoms with van der Waals surface area (Å²) in [5, 5.41) is 2.96. The molecule has 3 rings (SSSR count). The predicted molar refractivity (Wildman–Crippen MR) is 113 cm³/mol. The van der Waals surface area contributed by atoms with Gasteiger partial charge < -0.3 is 5.32 Å². The number of hydrogen-bond donors (Lipinski definition) is 1. The molecule has 0 spiro atoms. The lowest BCUT2D eigenvalue weighted by Crippen LogP contribution is -2.30. The first kappa shape index (κ1) is 19.5. The number of anilines is 1. The summed E-state index contributed by atoms with van der Waals surface area (Å²) >= 11 is 0. The molecular weight excluding hydrogens is 350 g/mol. The van der Waals surface area contributed by atoms with Crippen LogP contribution in [0.25, 0.3) is 11.4 Å². The smallest absolute Gasteiger partial charge is 0.254 e. The van der Waals surface area contributed by atoms with Crippen LogP contribution < -0.4 is 10.9 Å². The van der Waals surface area contributed by atoms with Gasteiger partial charge in [-0.25, -0.2) is 4.98 Å². The van der Waals surface area contributed by atoms with Crippen molar-refractivity contribution in [3.63, 3.8) is 0 Å². The Bertz CT molecular complexity index is 1050. The van der Waals surface area contributed by atoms with Crippen LogP contribution in [0.5, 0.6) is 0 Å². The summed E-state index contributed by atoms with van der Waals surface area (Å²) in [5.74, 6) is 0.262. The molecule has 5 nitrogen and oxygen atoms in total. The lowest BCUT2D eigenvalue weighted by atomic mass is 10.1. The third-order valence-electron chi connectivity index (χ3n) is 4.70. The molecule has 0 saturated heterocycles. The maximum atomic E-state index is 12.8. The molecule has 1 N–H and O–H groups in total. The van der Waals surface area contributed by atoms with Gasteiger partial charge >= 0.3 is 0 Å². The molecule has 0 radical (unpaired) electrons. The van der Waals surface area contributed by atoms with Gasteiger partial charge in [-0.2, -0.15) is 0 Å². The Kier molecular flexibility index (Phi) is 5.73. The Morgan fingerprint density at radius 2 is 1.68 bits per heavy atom. The molecule has 0 atom stereocenters. The van der Waals surface area contributed by atoms with Crippen LogP contribution in [-0.2, 0) is 17.8 Å². The van der Waals surface area contributed by atoms with E-state index in [1.165, 1.54) is 10.6 Å². The van der Waals surface area contributed by atoms with E-state index in [2.05, 4.69) is 10.3 Å². The topological polar surface area (TPSA) is 64.0 Å². The zero-order valence-electron chi connectivity index (χ0n) is 16.7. The summed E-state index contributed by atoms with van der Waals surface area (Å²) in [4.78, 5) is 30.1. The monoisotopic (exact) mass is 375 g/mol. The minimum Gasteiger partial charge on any atom is -0.324 e. The van der Waals surface area contributed by atoms with E-state index in [-0.39, 0.29) is 18.0 Å². The first-order valence-electron chi connectivity index (χ1n) is 9.43. The van der Waals surface area contributed by atoms with Crippen molar-refractivity contribution >= 4 is 11.6 Å². The van der Waals surface area contributed by atoms with Crippen molar-refractivity contribution < 1.29 is 4.79 Å². The second-order valence-electron chi connectivity index (χ2n) is 7.04. The average molecular weight is 375 g/mol. The molecule has 28 heavy (non-hydrogen) atoms. The average Bonchev–Trinajstić information content (AvgIpc) is 2.66.